The summed E-state index contributed by atoms with van der Waals surface area (Å²) in [6.45, 7) is 3.85. The Bertz CT molecular complexity index is 356. The minimum Gasteiger partial charge on any atom is -0.339 e. The lowest BCUT2D eigenvalue weighted by Gasteiger charge is -2.54. The third-order valence-electron chi connectivity index (χ3n) is 6.07. The van der Waals surface area contributed by atoms with Gasteiger partial charge in [-0.1, -0.05) is 0 Å². The maximum atomic E-state index is 12.1. The molecule has 5 atom stereocenters. The average Bonchev–Trinajstić information content (AvgIpc) is 2.40. The smallest absolute Gasteiger partial charge is 0.222 e. The molecule has 0 aromatic rings. The summed E-state index contributed by atoms with van der Waals surface area (Å²) < 4.78 is 0. The van der Waals surface area contributed by atoms with Crippen LogP contribution in [0.2, 0.25) is 0 Å². The first-order valence-electron chi connectivity index (χ1n) is 7.97. The molecule has 3 nitrogen and oxygen atoms in total. The largest absolute Gasteiger partial charge is 0.339 e. The number of amides is 1. The second-order valence-electron chi connectivity index (χ2n) is 6.98. The normalized spacial score (nSPS) is 47.4. The first-order valence-corrected chi connectivity index (χ1v) is 7.97. The molecule has 0 aliphatic carbocycles. The number of piperidine rings is 4. The second-order valence-corrected chi connectivity index (χ2v) is 6.98. The molecule has 3 heteroatoms. The zero-order valence-electron chi connectivity index (χ0n) is 11.2. The summed E-state index contributed by atoms with van der Waals surface area (Å²) in [4.78, 5) is 16.3. The molecule has 4 aliphatic heterocycles. The Hall–Kier alpha value is -0.570. The van der Waals surface area contributed by atoms with E-state index in [2.05, 4.69) is 4.90 Å². The number of nitrogens with one attached hydrogen (secondary N) is 1. The van der Waals surface area contributed by atoms with Crippen LogP contribution in [0.25, 0.3) is 0 Å². The van der Waals surface area contributed by atoms with Crippen molar-refractivity contribution in [3.05, 3.63) is 0 Å². The minimum atomic E-state index is 0.459. The second kappa shape index (κ2) is 4.22. The molecule has 0 saturated carbocycles. The van der Waals surface area contributed by atoms with E-state index in [0.717, 1.165) is 37.3 Å². The van der Waals surface area contributed by atoms with Gasteiger partial charge in [-0.3, -0.25) is 4.79 Å². The van der Waals surface area contributed by atoms with Gasteiger partial charge in [0.05, 0.1) is 19.1 Å². The Morgan fingerprint density at radius 2 is 2.06 bits per heavy atom. The van der Waals surface area contributed by atoms with Crippen LogP contribution in [0.15, 0.2) is 0 Å². The first kappa shape index (κ1) is 11.3. The lowest BCUT2D eigenvalue weighted by molar-refractivity contribution is -0.945. The van der Waals surface area contributed by atoms with Crippen LogP contribution in [0.4, 0.5) is 0 Å². The van der Waals surface area contributed by atoms with Gasteiger partial charge in [0.2, 0.25) is 5.91 Å². The summed E-state index contributed by atoms with van der Waals surface area (Å²) in [6.07, 6.45) is 8.92. The van der Waals surface area contributed by atoms with Crippen molar-refractivity contribution < 1.29 is 9.69 Å². The summed E-state index contributed by atoms with van der Waals surface area (Å²) >= 11 is 0. The van der Waals surface area contributed by atoms with E-state index >= 15 is 0 Å². The molecule has 4 heterocycles. The van der Waals surface area contributed by atoms with Crippen molar-refractivity contribution in [3.63, 3.8) is 0 Å². The summed E-state index contributed by atoms with van der Waals surface area (Å²) in [5, 5.41) is 0. The highest BCUT2D eigenvalue weighted by atomic mass is 16.2. The predicted molar refractivity (Wildman–Crippen MR) is 69.3 cm³/mol. The van der Waals surface area contributed by atoms with E-state index in [9.17, 15) is 4.79 Å². The lowest BCUT2D eigenvalue weighted by Crippen LogP contribution is -3.19. The highest BCUT2D eigenvalue weighted by Crippen LogP contribution is 2.37. The van der Waals surface area contributed by atoms with Crippen molar-refractivity contribution in [1.29, 1.82) is 0 Å². The van der Waals surface area contributed by atoms with E-state index in [0.29, 0.717) is 11.9 Å². The quantitative estimate of drug-likeness (QED) is 0.662. The van der Waals surface area contributed by atoms with E-state index in [4.69, 9.17) is 0 Å². The summed E-state index contributed by atoms with van der Waals surface area (Å²) in [5.74, 6) is 2.09. The molecular weight excluding hydrogens is 224 g/mol. The molecule has 0 aromatic carbocycles. The summed E-state index contributed by atoms with van der Waals surface area (Å²) in [5.41, 5.74) is 0. The van der Waals surface area contributed by atoms with Gasteiger partial charge < -0.3 is 9.80 Å². The van der Waals surface area contributed by atoms with Gasteiger partial charge in [0.25, 0.3) is 0 Å². The molecule has 18 heavy (non-hydrogen) atoms. The molecule has 1 amide bonds. The molecule has 1 unspecified atom stereocenters. The number of nitrogens with zero attached hydrogens (tertiary/aromatic N) is 1. The Labute approximate surface area is 110 Å². The maximum Gasteiger partial charge on any atom is 0.222 e. The van der Waals surface area contributed by atoms with Crippen molar-refractivity contribution >= 4 is 5.91 Å². The van der Waals surface area contributed by atoms with Gasteiger partial charge in [-0.2, -0.15) is 0 Å². The zero-order valence-corrected chi connectivity index (χ0v) is 11.2. The third-order valence-corrected chi connectivity index (χ3v) is 6.07. The van der Waals surface area contributed by atoms with Crippen LogP contribution in [0.3, 0.4) is 0 Å². The Morgan fingerprint density at radius 3 is 3.00 bits per heavy atom. The predicted octanol–water partition coefficient (Wildman–Crippen LogP) is 0.455. The average molecular weight is 249 g/mol. The van der Waals surface area contributed by atoms with Crippen LogP contribution < -0.4 is 4.90 Å². The topological polar surface area (TPSA) is 24.8 Å². The van der Waals surface area contributed by atoms with Gasteiger partial charge in [-0.05, 0) is 38.5 Å². The molecule has 2 bridgehead atoms. The lowest BCUT2D eigenvalue weighted by atomic mass is 9.71. The number of fused-ring (bicyclic) bond motifs is 6. The maximum absolute atomic E-state index is 12.1. The number of carbonyl (C=O) groups excluding carboxylic acids is 1. The Morgan fingerprint density at radius 1 is 1.11 bits per heavy atom. The molecule has 0 spiro atoms. The van der Waals surface area contributed by atoms with Gasteiger partial charge >= 0.3 is 0 Å². The molecule has 4 rings (SSSR count). The number of hydrogen-bond donors (Lipinski definition) is 1. The van der Waals surface area contributed by atoms with E-state index in [1.165, 1.54) is 45.2 Å². The van der Waals surface area contributed by atoms with Crippen LogP contribution in [0, 0.1) is 11.8 Å². The molecule has 0 radical (unpaired) electrons. The van der Waals surface area contributed by atoms with Crippen molar-refractivity contribution in [2.75, 3.05) is 19.6 Å². The van der Waals surface area contributed by atoms with Gasteiger partial charge in [0.15, 0.2) is 0 Å². The van der Waals surface area contributed by atoms with Gasteiger partial charge in [-0.15, -0.1) is 0 Å². The highest BCUT2D eigenvalue weighted by molar-refractivity contribution is 5.77. The van der Waals surface area contributed by atoms with E-state index < -0.39 is 0 Å². The highest BCUT2D eigenvalue weighted by Gasteiger charge is 2.50. The molecule has 4 fully saturated rings. The fraction of sp³-hybridized carbons (Fsp3) is 0.933. The van der Waals surface area contributed by atoms with Gasteiger partial charge in [0.1, 0.15) is 0 Å². The van der Waals surface area contributed by atoms with E-state index in [-0.39, 0.29) is 0 Å². The molecule has 4 aliphatic rings. The van der Waals surface area contributed by atoms with Crippen molar-refractivity contribution in [1.82, 2.24) is 4.90 Å². The van der Waals surface area contributed by atoms with Crippen molar-refractivity contribution in [2.45, 2.75) is 57.0 Å². The van der Waals surface area contributed by atoms with E-state index in [1.54, 1.807) is 0 Å². The van der Waals surface area contributed by atoms with Gasteiger partial charge in [-0.25, -0.2) is 0 Å². The monoisotopic (exact) mass is 249 g/mol. The number of carbonyl (C=O) groups is 1. The Kier molecular flexibility index (Phi) is 2.65. The summed E-state index contributed by atoms with van der Waals surface area (Å²) in [7, 11) is 0. The van der Waals surface area contributed by atoms with Crippen LogP contribution in [-0.4, -0.2) is 42.5 Å². The fourth-order valence-corrected chi connectivity index (χ4v) is 5.32. The van der Waals surface area contributed by atoms with Crippen LogP contribution in [0.1, 0.15) is 44.9 Å². The number of rotatable bonds is 0. The molecule has 4 saturated heterocycles. The van der Waals surface area contributed by atoms with Crippen LogP contribution in [0.5, 0.6) is 0 Å². The fourth-order valence-electron chi connectivity index (χ4n) is 5.32. The molecular formula is C15H25N2O+. The number of hydrogen-bond acceptors (Lipinski definition) is 1. The molecule has 1 N–H and O–H groups in total. The van der Waals surface area contributed by atoms with Crippen LogP contribution >= 0.6 is 0 Å². The molecule has 100 valence electrons. The van der Waals surface area contributed by atoms with Crippen molar-refractivity contribution in [2.24, 2.45) is 11.8 Å². The van der Waals surface area contributed by atoms with Crippen LogP contribution in [-0.2, 0) is 4.79 Å². The standard InChI is InChI=1S/C15H24N2O/c18-15-6-3-5-14-11-8-12(10-17(14)15)13-4-1-2-7-16(13)9-11/h11-14H,1-10H2/p+1/t11-,12-,13+,14-/m0/s1. The van der Waals surface area contributed by atoms with Gasteiger partial charge in [0, 0.05) is 30.8 Å². The van der Waals surface area contributed by atoms with E-state index in [1.807, 2.05) is 4.90 Å². The third kappa shape index (κ3) is 1.63. The Balaban J connectivity index is 1.59. The number of quaternary nitrogens is 1. The zero-order chi connectivity index (χ0) is 12.1. The SMILES string of the molecule is O=C1CCC[C@H]2[C@H]3C[C@@H](CN12)[C@H]1CCCC[NH+]1C3. The molecule has 0 aromatic heterocycles. The minimum absolute atomic E-state index is 0.459. The van der Waals surface area contributed by atoms with Crippen molar-refractivity contribution in [3.8, 4) is 0 Å². The summed E-state index contributed by atoms with van der Waals surface area (Å²) in [6, 6.07) is 1.49. The first-order chi connectivity index (χ1) is 8.83.